The van der Waals surface area contributed by atoms with Crippen LogP contribution in [0.5, 0.6) is 0 Å². The largest absolute Gasteiger partial charge is 0.472 e. The molecule has 1 N–H and O–H groups in total. The number of nitrogens with one attached hydrogen (secondary N) is 1. The summed E-state index contributed by atoms with van der Waals surface area (Å²) in [4.78, 5) is 2.24. The van der Waals surface area contributed by atoms with Crippen LogP contribution in [0.3, 0.4) is 0 Å². The molecule has 2 rings (SSSR count). The molecular formula is C15H19BrN2O. The van der Waals surface area contributed by atoms with E-state index in [9.17, 15) is 0 Å². The van der Waals surface area contributed by atoms with Gasteiger partial charge in [-0.2, -0.15) is 0 Å². The fourth-order valence-corrected chi connectivity index (χ4v) is 2.50. The summed E-state index contributed by atoms with van der Waals surface area (Å²) >= 11 is 3.54. The topological polar surface area (TPSA) is 28.4 Å². The number of furan rings is 1. The number of hydrogen-bond donors (Lipinski definition) is 1. The van der Waals surface area contributed by atoms with E-state index in [0.717, 1.165) is 11.0 Å². The Morgan fingerprint density at radius 1 is 1.37 bits per heavy atom. The fourth-order valence-electron chi connectivity index (χ4n) is 2.12. The Morgan fingerprint density at radius 2 is 2.16 bits per heavy atom. The van der Waals surface area contributed by atoms with Crippen molar-refractivity contribution in [2.75, 3.05) is 19.0 Å². The highest BCUT2D eigenvalue weighted by atomic mass is 79.9. The molecule has 4 heteroatoms. The number of hydrogen-bond acceptors (Lipinski definition) is 3. The summed E-state index contributed by atoms with van der Waals surface area (Å²) in [6.45, 7) is 3.00. The monoisotopic (exact) mass is 322 g/mol. The lowest BCUT2D eigenvalue weighted by molar-refractivity contribution is 0.563. The molecule has 0 saturated heterocycles. The minimum Gasteiger partial charge on any atom is -0.472 e. The average Bonchev–Trinajstić information content (AvgIpc) is 2.90. The Bertz CT molecular complexity index is 525. The van der Waals surface area contributed by atoms with Gasteiger partial charge in [-0.25, -0.2) is 0 Å². The molecule has 102 valence electrons. The van der Waals surface area contributed by atoms with E-state index in [2.05, 4.69) is 58.3 Å². The minimum atomic E-state index is 0.305. The second kappa shape index (κ2) is 6.26. The van der Waals surface area contributed by atoms with Crippen LogP contribution in [0.1, 0.15) is 24.1 Å². The van der Waals surface area contributed by atoms with Crippen LogP contribution >= 0.6 is 15.9 Å². The molecule has 1 aromatic heterocycles. The van der Waals surface area contributed by atoms with Gasteiger partial charge in [0.1, 0.15) is 0 Å². The summed E-state index contributed by atoms with van der Waals surface area (Å²) in [5.74, 6) is 0. The summed E-state index contributed by atoms with van der Waals surface area (Å²) < 4.78 is 6.22. The van der Waals surface area contributed by atoms with E-state index in [1.54, 1.807) is 12.5 Å². The van der Waals surface area contributed by atoms with Crippen molar-refractivity contribution in [1.82, 2.24) is 5.32 Å². The van der Waals surface area contributed by atoms with Gasteiger partial charge >= 0.3 is 0 Å². The third kappa shape index (κ3) is 3.39. The Hall–Kier alpha value is -1.26. The van der Waals surface area contributed by atoms with Crippen molar-refractivity contribution in [1.29, 1.82) is 0 Å². The molecule has 1 atom stereocenters. The van der Waals surface area contributed by atoms with E-state index < -0.39 is 0 Å². The molecule has 1 heterocycles. The minimum absolute atomic E-state index is 0.305. The highest BCUT2D eigenvalue weighted by Crippen LogP contribution is 2.29. The van der Waals surface area contributed by atoms with Gasteiger partial charge in [0.25, 0.3) is 0 Å². The maximum absolute atomic E-state index is 5.12. The summed E-state index contributed by atoms with van der Waals surface area (Å²) in [7, 11) is 4.08. The Labute approximate surface area is 122 Å². The third-order valence-corrected chi connectivity index (χ3v) is 3.79. The van der Waals surface area contributed by atoms with Gasteiger partial charge < -0.3 is 14.6 Å². The first kappa shape index (κ1) is 14.2. The zero-order chi connectivity index (χ0) is 13.8. The Kier molecular flexibility index (Phi) is 4.66. The quantitative estimate of drug-likeness (QED) is 0.903. The second-order valence-electron chi connectivity index (χ2n) is 4.70. The zero-order valence-electron chi connectivity index (χ0n) is 11.5. The van der Waals surface area contributed by atoms with Crippen LogP contribution in [0.4, 0.5) is 5.69 Å². The first-order chi connectivity index (χ1) is 9.11. The van der Waals surface area contributed by atoms with Gasteiger partial charge in [0.2, 0.25) is 0 Å². The summed E-state index contributed by atoms with van der Waals surface area (Å²) in [6, 6.07) is 8.69. The molecular weight excluding hydrogens is 304 g/mol. The molecule has 19 heavy (non-hydrogen) atoms. The Balaban J connectivity index is 2.27. The molecule has 1 unspecified atom stereocenters. The van der Waals surface area contributed by atoms with Crippen LogP contribution in [0.15, 0.2) is 45.7 Å². The van der Waals surface area contributed by atoms with Gasteiger partial charge in [0.05, 0.1) is 12.5 Å². The maximum Gasteiger partial charge on any atom is 0.0952 e. The normalized spacial score (nSPS) is 12.4. The predicted octanol–water partition coefficient (Wildman–Crippen LogP) is 3.96. The molecule has 2 aromatic rings. The fraction of sp³-hybridized carbons (Fsp3) is 0.333. The molecule has 1 aromatic carbocycles. The molecule has 0 fully saturated rings. The second-order valence-corrected chi connectivity index (χ2v) is 5.62. The van der Waals surface area contributed by atoms with Crippen LogP contribution in [-0.4, -0.2) is 14.1 Å². The number of nitrogens with zero attached hydrogens (tertiary/aromatic N) is 1. The predicted molar refractivity (Wildman–Crippen MR) is 82.4 cm³/mol. The Morgan fingerprint density at radius 3 is 2.79 bits per heavy atom. The summed E-state index contributed by atoms with van der Waals surface area (Å²) in [5, 5.41) is 3.30. The van der Waals surface area contributed by atoms with E-state index in [4.69, 9.17) is 4.42 Å². The SMILES string of the molecule is CNC(C)c1cc(Br)ccc1N(C)Cc1ccoc1. The first-order valence-corrected chi connectivity index (χ1v) is 7.10. The van der Waals surface area contributed by atoms with Crippen LogP contribution < -0.4 is 10.2 Å². The van der Waals surface area contributed by atoms with Crippen molar-refractivity contribution < 1.29 is 4.42 Å². The van der Waals surface area contributed by atoms with Crippen LogP contribution in [-0.2, 0) is 6.54 Å². The molecule has 0 spiro atoms. The van der Waals surface area contributed by atoms with Crippen molar-refractivity contribution in [3.8, 4) is 0 Å². The molecule has 0 bridgehead atoms. The molecule has 0 aliphatic heterocycles. The maximum atomic E-state index is 5.12. The van der Waals surface area contributed by atoms with Crippen LogP contribution in [0, 0.1) is 0 Å². The van der Waals surface area contributed by atoms with Crippen LogP contribution in [0.2, 0.25) is 0 Å². The lowest BCUT2D eigenvalue weighted by Crippen LogP contribution is -2.21. The van der Waals surface area contributed by atoms with E-state index in [1.165, 1.54) is 16.8 Å². The van der Waals surface area contributed by atoms with E-state index in [1.807, 2.05) is 13.1 Å². The zero-order valence-corrected chi connectivity index (χ0v) is 13.1. The number of anilines is 1. The van der Waals surface area contributed by atoms with Gasteiger partial charge in [-0.3, -0.25) is 0 Å². The van der Waals surface area contributed by atoms with Gasteiger partial charge in [-0.15, -0.1) is 0 Å². The number of rotatable bonds is 5. The molecule has 0 radical (unpaired) electrons. The highest BCUT2D eigenvalue weighted by Gasteiger charge is 2.13. The van der Waals surface area contributed by atoms with Gasteiger partial charge in [-0.1, -0.05) is 15.9 Å². The van der Waals surface area contributed by atoms with Gasteiger partial charge in [0.15, 0.2) is 0 Å². The van der Waals surface area contributed by atoms with Gasteiger partial charge in [-0.05, 0) is 43.8 Å². The van der Waals surface area contributed by atoms with Gasteiger partial charge in [0, 0.05) is 35.4 Å². The van der Waals surface area contributed by atoms with Crippen molar-refractivity contribution >= 4 is 21.6 Å². The molecule has 3 nitrogen and oxygen atoms in total. The first-order valence-electron chi connectivity index (χ1n) is 6.30. The summed E-state index contributed by atoms with van der Waals surface area (Å²) in [5.41, 5.74) is 3.68. The average molecular weight is 323 g/mol. The van der Waals surface area contributed by atoms with Crippen molar-refractivity contribution in [3.05, 3.63) is 52.4 Å². The van der Waals surface area contributed by atoms with E-state index >= 15 is 0 Å². The summed E-state index contributed by atoms with van der Waals surface area (Å²) in [6.07, 6.45) is 3.50. The molecule has 0 saturated carbocycles. The van der Waals surface area contributed by atoms with Crippen molar-refractivity contribution in [2.45, 2.75) is 19.5 Å². The van der Waals surface area contributed by atoms with E-state index in [-0.39, 0.29) is 0 Å². The van der Waals surface area contributed by atoms with Crippen molar-refractivity contribution in [3.63, 3.8) is 0 Å². The standard InChI is InChI=1S/C15H19BrN2O/c1-11(17-2)14-8-13(16)4-5-15(14)18(3)9-12-6-7-19-10-12/h4-8,10-11,17H,9H2,1-3H3. The molecule has 0 aliphatic rings. The smallest absolute Gasteiger partial charge is 0.0952 e. The lowest BCUT2D eigenvalue weighted by atomic mass is 10.1. The highest BCUT2D eigenvalue weighted by molar-refractivity contribution is 9.10. The molecule has 0 aliphatic carbocycles. The molecule has 0 amide bonds. The lowest BCUT2D eigenvalue weighted by Gasteiger charge is -2.25. The van der Waals surface area contributed by atoms with Crippen molar-refractivity contribution in [2.24, 2.45) is 0 Å². The van der Waals surface area contributed by atoms with Crippen LogP contribution in [0.25, 0.3) is 0 Å². The number of benzene rings is 1. The van der Waals surface area contributed by atoms with E-state index in [0.29, 0.717) is 6.04 Å². The third-order valence-electron chi connectivity index (χ3n) is 3.30. The number of halogens is 1.